The third-order valence-corrected chi connectivity index (χ3v) is 5.33. The van der Waals surface area contributed by atoms with Crippen molar-refractivity contribution in [2.24, 2.45) is 0 Å². The summed E-state index contributed by atoms with van der Waals surface area (Å²) in [6, 6.07) is 10.4. The second-order valence-electron chi connectivity index (χ2n) is 8.54. The topological polar surface area (TPSA) is 104 Å². The highest BCUT2D eigenvalue weighted by molar-refractivity contribution is 5.73. The number of aliphatic carboxylic acids is 1. The summed E-state index contributed by atoms with van der Waals surface area (Å²) < 4.78 is 124. The van der Waals surface area contributed by atoms with Crippen LogP contribution < -0.4 is 14.2 Å². The summed E-state index contributed by atoms with van der Waals surface area (Å²) in [6.45, 7) is -0.424. The monoisotopic (exact) mass is 633 g/mol. The van der Waals surface area contributed by atoms with Crippen LogP contribution in [0.25, 0.3) is 0 Å². The number of nitrogens with zero attached hydrogens (tertiary/aromatic N) is 1. The van der Waals surface area contributed by atoms with Gasteiger partial charge in [-0.25, -0.2) is 9.59 Å². The van der Waals surface area contributed by atoms with Crippen LogP contribution in [0.3, 0.4) is 0 Å². The quantitative estimate of drug-likeness (QED) is 0.176. The third-order valence-electron chi connectivity index (χ3n) is 5.33. The number of halogens is 8. The molecule has 0 heterocycles. The zero-order valence-electron chi connectivity index (χ0n) is 22.4. The molecular weight excluding hydrogens is 606 g/mol. The fourth-order valence-corrected chi connectivity index (χ4v) is 3.36. The van der Waals surface area contributed by atoms with Crippen LogP contribution in [0.2, 0.25) is 0 Å². The summed E-state index contributed by atoms with van der Waals surface area (Å²) in [6.07, 6.45) is -19.3. The van der Waals surface area contributed by atoms with E-state index in [1.165, 1.54) is 24.3 Å². The zero-order chi connectivity index (χ0) is 32.3. The summed E-state index contributed by atoms with van der Waals surface area (Å²) in [7, 11) is 0. The molecule has 9 nitrogen and oxygen atoms in total. The highest BCUT2D eigenvalue weighted by atomic mass is 19.4. The van der Waals surface area contributed by atoms with Crippen molar-refractivity contribution < 1.29 is 73.5 Å². The Labute approximate surface area is 239 Å². The maximum Gasteiger partial charge on any atom is 0.573 e. The van der Waals surface area contributed by atoms with Gasteiger partial charge in [-0.05, 0) is 43.2 Å². The lowest BCUT2D eigenvalue weighted by molar-refractivity contribution is -0.391. The highest BCUT2D eigenvalue weighted by Crippen LogP contribution is 2.36. The van der Waals surface area contributed by atoms with Crippen molar-refractivity contribution in [2.45, 2.75) is 44.5 Å². The molecule has 0 spiro atoms. The van der Waals surface area contributed by atoms with Crippen molar-refractivity contribution in [1.29, 1.82) is 0 Å². The average molecular weight is 633 g/mol. The van der Waals surface area contributed by atoms with Crippen LogP contribution in [0.1, 0.15) is 18.9 Å². The van der Waals surface area contributed by atoms with Gasteiger partial charge in [0.1, 0.15) is 12.4 Å². The van der Waals surface area contributed by atoms with Crippen LogP contribution >= 0.6 is 0 Å². The predicted molar refractivity (Wildman–Crippen MR) is 131 cm³/mol. The van der Waals surface area contributed by atoms with Crippen LogP contribution in [0, 0.1) is 0 Å². The molecule has 0 aliphatic rings. The molecule has 17 heteroatoms. The molecular formula is C26H27F8NO8. The molecule has 1 amide bonds. The van der Waals surface area contributed by atoms with Gasteiger partial charge in [-0.15, -0.1) is 13.2 Å². The Morgan fingerprint density at radius 2 is 1.51 bits per heavy atom. The van der Waals surface area contributed by atoms with Gasteiger partial charge >= 0.3 is 30.7 Å². The van der Waals surface area contributed by atoms with Gasteiger partial charge in [0.15, 0.2) is 17.6 Å². The van der Waals surface area contributed by atoms with E-state index in [2.05, 4.69) is 9.47 Å². The van der Waals surface area contributed by atoms with Crippen LogP contribution in [0.5, 0.6) is 17.2 Å². The molecule has 1 atom stereocenters. The summed E-state index contributed by atoms with van der Waals surface area (Å²) in [5.74, 6) is -2.38. The molecule has 240 valence electrons. The Bertz CT molecular complexity index is 1170. The molecule has 2 aromatic rings. The summed E-state index contributed by atoms with van der Waals surface area (Å²) in [5, 5.41) is 9.20. The summed E-state index contributed by atoms with van der Waals surface area (Å²) >= 11 is 0. The molecule has 0 aliphatic heterocycles. The number of ether oxygens (including phenoxy) is 5. The van der Waals surface area contributed by atoms with E-state index in [4.69, 9.17) is 14.2 Å². The number of amides is 1. The Hall–Kier alpha value is -3.86. The number of carboxylic acid groups (broad SMARTS) is 1. The van der Waals surface area contributed by atoms with E-state index in [1.807, 2.05) is 0 Å². The van der Waals surface area contributed by atoms with Gasteiger partial charge in [-0.2, -0.15) is 22.0 Å². The number of carbonyl (C=O) groups is 2. The Kier molecular flexibility index (Phi) is 12.8. The van der Waals surface area contributed by atoms with Gasteiger partial charge in [0, 0.05) is 19.6 Å². The number of para-hydroxylation sites is 2. The maximum atomic E-state index is 13.0. The first-order valence-electron chi connectivity index (χ1n) is 12.5. The molecule has 0 radical (unpaired) electrons. The van der Waals surface area contributed by atoms with Crippen molar-refractivity contribution in [2.75, 3.05) is 32.9 Å². The second kappa shape index (κ2) is 15.6. The molecule has 0 bridgehead atoms. The number of carboxylic acids is 1. The average Bonchev–Trinajstić information content (AvgIpc) is 2.90. The molecule has 0 aromatic heterocycles. The second-order valence-corrected chi connectivity index (χ2v) is 8.54. The van der Waals surface area contributed by atoms with E-state index in [0.717, 1.165) is 17.0 Å². The van der Waals surface area contributed by atoms with E-state index < -0.39 is 67.9 Å². The van der Waals surface area contributed by atoms with Crippen LogP contribution in [0.15, 0.2) is 48.5 Å². The molecule has 2 rings (SSSR count). The van der Waals surface area contributed by atoms with Crippen LogP contribution in [-0.4, -0.2) is 79.7 Å². The minimum absolute atomic E-state index is 0.0675. The van der Waals surface area contributed by atoms with Gasteiger partial charge in [0.2, 0.25) is 0 Å². The van der Waals surface area contributed by atoms with Crippen molar-refractivity contribution in [3.63, 3.8) is 0 Å². The predicted octanol–water partition coefficient (Wildman–Crippen LogP) is 6.06. The van der Waals surface area contributed by atoms with E-state index in [1.54, 1.807) is 19.1 Å². The molecule has 43 heavy (non-hydrogen) atoms. The summed E-state index contributed by atoms with van der Waals surface area (Å²) in [4.78, 5) is 24.8. The first kappa shape index (κ1) is 35.3. The first-order chi connectivity index (χ1) is 20.0. The van der Waals surface area contributed by atoms with Crippen molar-refractivity contribution in [1.82, 2.24) is 4.90 Å². The molecule has 0 saturated carbocycles. The van der Waals surface area contributed by atoms with Crippen LogP contribution in [-0.2, 0) is 20.7 Å². The van der Waals surface area contributed by atoms with Gasteiger partial charge in [0.05, 0.1) is 13.2 Å². The molecule has 0 aliphatic carbocycles. The lowest BCUT2D eigenvalue weighted by Gasteiger charge is -2.24. The van der Waals surface area contributed by atoms with E-state index in [9.17, 15) is 49.8 Å². The third kappa shape index (κ3) is 12.1. The van der Waals surface area contributed by atoms with Crippen molar-refractivity contribution in [3.05, 3.63) is 54.1 Å². The van der Waals surface area contributed by atoms with Gasteiger partial charge < -0.3 is 33.7 Å². The molecule has 1 N–H and O–H groups in total. The van der Waals surface area contributed by atoms with Crippen LogP contribution in [0.4, 0.5) is 39.9 Å². The zero-order valence-corrected chi connectivity index (χ0v) is 22.4. The summed E-state index contributed by atoms with van der Waals surface area (Å²) in [5.41, 5.74) is 0.605. The number of hydrogen-bond acceptors (Lipinski definition) is 7. The van der Waals surface area contributed by atoms with Crippen molar-refractivity contribution in [3.8, 4) is 17.2 Å². The number of hydrogen-bond donors (Lipinski definition) is 1. The van der Waals surface area contributed by atoms with E-state index >= 15 is 0 Å². The lowest BCUT2D eigenvalue weighted by atomic mass is 10.1. The minimum atomic E-state index is -5.96. The number of rotatable bonds is 16. The number of alkyl halides is 8. The largest absolute Gasteiger partial charge is 0.573 e. The number of carbonyl (C=O) groups excluding carboxylic acids is 1. The normalized spacial score (nSPS) is 12.9. The van der Waals surface area contributed by atoms with Gasteiger partial charge in [-0.1, -0.05) is 24.3 Å². The first-order valence-corrected chi connectivity index (χ1v) is 12.5. The highest BCUT2D eigenvalue weighted by Gasteiger charge is 2.59. The Morgan fingerprint density at radius 1 is 0.884 bits per heavy atom. The Morgan fingerprint density at radius 3 is 2.07 bits per heavy atom. The number of benzene rings is 2. The van der Waals surface area contributed by atoms with E-state index in [0.29, 0.717) is 5.56 Å². The van der Waals surface area contributed by atoms with Gasteiger partial charge in [-0.3, -0.25) is 0 Å². The molecule has 2 aromatic carbocycles. The molecule has 0 fully saturated rings. The smallest absolute Gasteiger partial charge is 0.492 e. The van der Waals surface area contributed by atoms with E-state index in [-0.39, 0.29) is 31.9 Å². The van der Waals surface area contributed by atoms with Gasteiger partial charge in [0.25, 0.3) is 0 Å². The standard InChI is InChI=1S/C26H27F8NO8/c1-2-39-21(22(36)37)16-17-8-10-18(11-9-17)40-15-13-35(12-5-14-41-25(30,31)24(27,28)29)23(38)42-19-6-3-4-7-20(19)43-26(32,33)34/h3-4,6-11,21H,2,5,12-16H2,1H3,(H,36,37). The molecule has 1 unspecified atom stereocenters. The SMILES string of the molecule is CCOC(Cc1ccc(OCCN(CCCOC(F)(F)C(F)(F)F)C(=O)Oc2ccccc2OC(F)(F)F)cc1)C(=O)O. The lowest BCUT2D eigenvalue weighted by Crippen LogP contribution is -2.41. The molecule has 0 saturated heterocycles. The van der Waals surface area contributed by atoms with Crippen molar-refractivity contribution >= 4 is 12.1 Å². The minimum Gasteiger partial charge on any atom is -0.492 e. The fourth-order valence-electron chi connectivity index (χ4n) is 3.36. The maximum absolute atomic E-state index is 13.0. The Balaban J connectivity index is 2.06. The fraction of sp³-hybridized carbons (Fsp3) is 0.462.